The van der Waals surface area contributed by atoms with Crippen LogP contribution in [0.5, 0.6) is 0 Å². The Hall–Kier alpha value is -1.55. The molecule has 0 saturated heterocycles. The third-order valence-corrected chi connectivity index (χ3v) is 2.42. The van der Waals surface area contributed by atoms with Crippen LogP contribution < -0.4 is 5.43 Å². The molecule has 0 fully saturated rings. The van der Waals surface area contributed by atoms with Crippen LogP contribution in [-0.4, -0.2) is 56.6 Å². The lowest BCUT2D eigenvalue weighted by Crippen LogP contribution is -2.44. The van der Waals surface area contributed by atoms with Crippen LogP contribution >= 0.6 is 0 Å². The Balaban J connectivity index is 2.12. The lowest BCUT2D eigenvalue weighted by atomic mass is 10.3. The number of rotatable bonds is 9. The maximum atomic E-state index is 11.6. The highest BCUT2D eigenvalue weighted by atomic mass is 16.5. The molecule has 1 aliphatic rings. The first-order chi connectivity index (χ1) is 9.29. The quantitative estimate of drug-likeness (QED) is 0.358. The second-order valence-electron chi connectivity index (χ2n) is 3.75. The summed E-state index contributed by atoms with van der Waals surface area (Å²) in [5, 5.41) is 1.76. The van der Waals surface area contributed by atoms with Gasteiger partial charge in [-0.3, -0.25) is 0 Å². The van der Waals surface area contributed by atoms with E-state index < -0.39 is 0 Å². The number of terminal acetylenes is 1. The third kappa shape index (κ3) is 5.75. The van der Waals surface area contributed by atoms with Gasteiger partial charge in [-0.05, 0) is 13.0 Å². The van der Waals surface area contributed by atoms with Gasteiger partial charge in [0, 0.05) is 12.7 Å². The van der Waals surface area contributed by atoms with Gasteiger partial charge in [0.15, 0.2) is 0 Å². The van der Waals surface area contributed by atoms with Crippen molar-refractivity contribution in [1.82, 2.24) is 10.4 Å². The highest BCUT2D eigenvalue weighted by molar-refractivity contribution is 5.78. The maximum Gasteiger partial charge on any atom is 0.329 e. The van der Waals surface area contributed by atoms with E-state index in [1.165, 1.54) is 0 Å². The molecule has 6 nitrogen and oxygen atoms in total. The molecule has 1 aliphatic heterocycles. The van der Waals surface area contributed by atoms with Crippen molar-refractivity contribution in [2.75, 3.05) is 39.6 Å². The monoisotopic (exact) mass is 268 g/mol. The standard InChI is InChI=1S/C13H20N2O4/c1-3-8-17-10-11-18-9-7-15-12(5-6-14-15)13(16)19-4-2/h1,5-6,12,14H,4,7-11H2,2H3. The lowest BCUT2D eigenvalue weighted by Gasteiger charge is -2.22. The number of esters is 1. The number of carbonyl (C=O) groups excluding carboxylic acids is 1. The zero-order valence-electron chi connectivity index (χ0n) is 11.1. The minimum absolute atomic E-state index is 0.263. The van der Waals surface area contributed by atoms with Crippen LogP contribution in [0.25, 0.3) is 0 Å². The molecule has 0 bridgehead atoms. The zero-order valence-corrected chi connectivity index (χ0v) is 11.1. The van der Waals surface area contributed by atoms with Gasteiger partial charge in [0.2, 0.25) is 0 Å². The highest BCUT2D eigenvalue weighted by Gasteiger charge is 2.27. The van der Waals surface area contributed by atoms with Gasteiger partial charge in [-0.1, -0.05) is 5.92 Å². The number of hydrogen-bond donors (Lipinski definition) is 1. The van der Waals surface area contributed by atoms with Crippen molar-refractivity contribution in [3.8, 4) is 12.3 Å². The maximum absolute atomic E-state index is 11.6. The van der Waals surface area contributed by atoms with Gasteiger partial charge >= 0.3 is 5.97 Å². The van der Waals surface area contributed by atoms with Gasteiger partial charge < -0.3 is 19.6 Å². The van der Waals surface area contributed by atoms with Crippen LogP contribution in [0.3, 0.4) is 0 Å². The SMILES string of the molecule is C#CCOCCOCCN1NC=CC1C(=O)OCC. The van der Waals surface area contributed by atoms with E-state index in [9.17, 15) is 4.79 Å². The van der Waals surface area contributed by atoms with Crippen molar-refractivity contribution < 1.29 is 19.0 Å². The van der Waals surface area contributed by atoms with Crippen molar-refractivity contribution in [3.05, 3.63) is 12.3 Å². The number of nitrogens with zero attached hydrogens (tertiary/aromatic N) is 1. The number of carbonyl (C=O) groups is 1. The Bertz CT molecular complexity index is 338. The molecule has 106 valence electrons. The van der Waals surface area contributed by atoms with Gasteiger partial charge in [-0.2, -0.15) is 0 Å². The van der Waals surface area contributed by atoms with E-state index in [0.29, 0.717) is 39.6 Å². The minimum Gasteiger partial charge on any atom is -0.465 e. The molecule has 0 saturated carbocycles. The normalized spacial score (nSPS) is 18.0. The largest absolute Gasteiger partial charge is 0.465 e. The van der Waals surface area contributed by atoms with Crippen LogP contribution in [0, 0.1) is 12.3 Å². The molecule has 0 radical (unpaired) electrons. The molecule has 1 atom stereocenters. The van der Waals surface area contributed by atoms with Crippen LogP contribution in [0.1, 0.15) is 6.92 Å². The van der Waals surface area contributed by atoms with Crippen LogP contribution in [0.4, 0.5) is 0 Å². The molecular weight excluding hydrogens is 248 g/mol. The van der Waals surface area contributed by atoms with E-state index in [1.807, 2.05) is 0 Å². The fourth-order valence-electron chi connectivity index (χ4n) is 1.57. The summed E-state index contributed by atoms with van der Waals surface area (Å²) < 4.78 is 15.4. The molecular formula is C13H20N2O4. The second-order valence-corrected chi connectivity index (χ2v) is 3.75. The topological polar surface area (TPSA) is 60.0 Å². The van der Waals surface area contributed by atoms with E-state index in [4.69, 9.17) is 20.6 Å². The van der Waals surface area contributed by atoms with Crippen molar-refractivity contribution >= 4 is 5.97 Å². The van der Waals surface area contributed by atoms with Gasteiger partial charge in [0.1, 0.15) is 12.6 Å². The first-order valence-electron chi connectivity index (χ1n) is 6.24. The minimum atomic E-state index is -0.388. The second kappa shape index (κ2) is 9.39. The summed E-state index contributed by atoms with van der Waals surface area (Å²) in [6, 6.07) is -0.388. The summed E-state index contributed by atoms with van der Waals surface area (Å²) in [5.74, 6) is 2.12. The Morgan fingerprint density at radius 1 is 1.42 bits per heavy atom. The Labute approximate surface area is 113 Å². The first kappa shape index (κ1) is 15.5. The van der Waals surface area contributed by atoms with E-state index in [0.717, 1.165) is 0 Å². The zero-order chi connectivity index (χ0) is 13.9. The molecule has 1 heterocycles. The van der Waals surface area contributed by atoms with Crippen molar-refractivity contribution in [2.24, 2.45) is 0 Å². The van der Waals surface area contributed by atoms with Crippen molar-refractivity contribution in [3.63, 3.8) is 0 Å². The van der Waals surface area contributed by atoms with E-state index >= 15 is 0 Å². The molecule has 1 N–H and O–H groups in total. The van der Waals surface area contributed by atoms with Gasteiger partial charge in [0.05, 0.1) is 26.4 Å². The van der Waals surface area contributed by atoms with E-state index in [2.05, 4.69) is 11.3 Å². The molecule has 1 unspecified atom stereocenters. The van der Waals surface area contributed by atoms with Crippen molar-refractivity contribution in [2.45, 2.75) is 13.0 Å². The van der Waals surface area contributed by atoms with Gasteiger partial charge in [-0.15, -0.1) is 6.42 Å². The van der Waals surface area contributed by atoms with Gasteiger partial charge in [-0.25, -0.2) is 9.80 Å². The summed E-state index contributed by atoms with van der Waals surface area (Å²) in [6.07, 6.45) is 8.52. The predicted octanol–water partition coefficient (Wildman–Crippen LogP) is -0.0816. The van der Waals surface area contributed by atoms with E-state index in [-0.39, 0.29) is 12.0 Å². The fraction of sp³-hybridized carbons (Fsp3) is 0.615. The summed E-state index contributed by atoms with van der Waals surface area (Å²) >= 11 is 0. The first-order valence-corrected chi connectivity index (χ1v) is 6.24. The van der Waals surface area contributed by atoms with Crippen molar-refractivity contribution in [1.29, 1.82) is 0 Å². The van der Waals surface area contributed by atoms with Crippen LogP contribution in [-0.2, 0) is 19.0 Å². The Kier molecular flexibility index (Phi) is 7.66. The molecule has 19 heavy (non-hydrogen) atoms. The molecule has 0 aromatic rings. The van der Waals surface area contributed by atoms with Crippen LogP contribution in [0.2, 0.25) is 0 Å². The van der Waals surface area contributed by atoms with E-state index in [1.54, 1.807) is 24.2 Å². The van der Waals surface area contributed by atoms with Gasteiger partial charge in [0.25, 0.3) is 0 Å². The summed E-state index contributed by atoms with van der Waals surface area (Å²) in [4.78, 5) is 11.6. The molecule has 6 heteroatoms. The average molecular weight is 268 g/mol. The number of hydrogen-bond acceptors (Lipinski definition) is 6. The molecule has 1 rings (SSSR count). The van der Waals surface area contributed by atoms with Crippen LogP contribution in [0.15, 0.2) is 12.3 Å². The smallest absolute Gasteiger partial charge is 0.329 e. The summed E-state index contributed by atoms with van der Waals surface area (Å²) in [7, 11) is 0. The number of hydrazine groups is 1. The third-order valence-electron chi connectivity index (χ3n) is 2.42. The number of nitrogens with one attached hydrogen (secondary N) is 1. The summed E-state index contributed by atoms with van der Waals surface area (Å²) in [5.41, 5.74) is 2.97. The molecule has 0 amide bonds. The molecule has 0 spiro atoms. The predicted molar refractivity (Wildman–Crippen MR) is 69.9 cm³/mol. The Morgan fingerprint density at radius 3 is 2.95 bits per heavy atom. The molecule has 0 aliphatic carbocycles. The lowest BCUT2D eigenvalue weighted by molar-refractivity contribution is -0.148. The number of ether oxygens (including phenoxy) is 3. The Morgan fingerprint density at radius 2 is 2.21 bits per heavy atom. The molecule has 0 aromatic carbocycles. The highest BCUT2D eigenvalue weighted by Crippen LogP contribution is 2.06. The molecule has 0 aromatic heterocycles. The summed E-state index contributed by atoms with van der Waals surface area (Å²) in [6.45, 7) is 4.47. The fourth-order valence-corrected chi connectivity index (χ4v) is 1.57. The average Bonchev–Trinajstić information content (AvgIpc) is 2.86.